The third kappa shape index (κ3) is 5.86. The minimum absolute atomic E-state index is 0.445. The van der Waals surface area contributed by atoms with Crippen molar-refractivity contribution in [1.29, 1.82) is 0 Å². The number of nitrogens with one attached hydrogen (secondary N) is 1. The molecule has 6 heteroatoms. The molecule has 27 heavy (non-hydrogen) atoms. The molecule has 2 aromatic rings. The summed E-state index contributed by atoms with van der Waals surface area (Å²) < 4.78 is 10.4. The van der Waals surface area contributed by atoms with Crippen molar-refractivity contribution in [2.24, 2.45) is 0 Å². The summed E-state index contributed by atoms with van der Waals surface area (Å²) in [5.74, 6) is -0.534. The number of hydrogen-bond acceptors (Lipinski definition) is 4. The highest BCUT2D eigenvalue weighted by Crippen LogP contribution is 2.25. The summed E-state index contributed by atoms with van der Waals surface area (Å²) in [5.41, 5.74) is 3.21. The standard InChI is InChI=1S/C21H22ClNO4/c1-13-5-9-19(26-4)18(11-13)23-21(25)15(3)27-20(24)10-8-16-7-6-14(2)17(22)12-16/h5-12,15H,1-4H3,(H,23,25)/b10-8+/t15-/m1/s1. The van der Waals surface area contributed by atoms with Crippen molar-refractivity contribution in [3.8, 4) is 5.75 Å². The van der Waals surface area contributed by atoms with Crippen LogP contribution in [-0.2, 0) is 14.3 Å². The van der Waals surface area contributed by atoms with E-state index in [-0.39, 0.29) is 0 Å². The van der Waals surface area contributed by atoms with Crippen molar-refractivity contribution in [3.63, 3.8) is 0 Å². The van der Waals surface area contributed by atoms with Crippen LogP contribution in [0.25, 0.3) is 6.08 Å². The van der Waals surface area contributed by atoms with E-state index >= 15 is 0 Å². The molecular weight excluding hydrogens is 366 g/mol. The number of amides is 1. The van der Waals surface area contributed by atoms with E-state index in [9.17, 15) is 9.59 Å². The molecule has 0 heterocycles. The van der Waals surface area contributed by atoms with Crippen molar-refractivity contribution in [2.75, 3.05) is 12.4 Å². The fraction of sp³-hybridized carbons (Fsp3) is 0.238. The number of aryl methyl sites for hydroxylation is 2. The van der Waals surface area contributed by atoms with E-state index in [1.807, 2.05) is 32.0 Å². The van der Waals surface area contributed by atoms with Gasteiger partial charge in [0.25, 0.3) is 5.91 Å². The van der Waals surface area contributed by atoms with Gasteiger partial charge in [-0.2, -0.15) is 0 Å². The zero-order chi connectivity index (χ0) is 20.0. The Hall–Kier alpha value is -2.79. The molecule has 0 saturated heterocycles. The van der Waals surface area contributed by atoms with Crippen LogP contribution < -0.4 is 10.1 Å². The maximum absolute atomic E-state index is 12.3. The lowest BCUT2D eigenvalue weighted by atomic mass is 10.1. The highest BCUT2D eigenvalue weighted by Gasteiger charge is 2.18. The first-order valence-electron chi connectivity index (χ1n) is 8.40. The van der Waals surface area contributed by atoms with Crippen molar-refractivity contribution in [2.45, 2.75) is 26.9 Å². The monoisotopic (exact) mass is 387 g/mol. The second-order valence-electron chi connectivity index (χ2n) is 6.11. The molecule has 1 amide bonds. The third-order valence-electron chi connectivity index (χ3n) is 3.88. The second-order valence-corrected chi connectivity index (χ2v) is 6.52. The molecule has 0 spiro atoms. The average Bonchev–Trinajstić information content (AvgIpc) is 2.63. The Balaban J connectivity index is 1.97. The van der Waals surface area contributed by atoms with Crippen LogP contribution in [-0.4, -0.2) is 25.1 Å². The topological polar surface area (TPSA) is 64.6 Å². The lowest BCUT2D eigenvalue weighted by molar-refractivity contribution is -0.148. The van der Waals surface area contributed by atoms with Crippen LogP contribution in [0.15, 0.2) is 42.5 Å². The quantitative estimate of drug-likeness (QED) is 0.583. The van der Waals surface area contributed by atoms with Crippen LogP contribution in [0.3, 0.4) is 0 Å². The Morgan fingerprint density at radius 2 is 1.89 bits per heavy atom. The van der Waals surface area contributed by atoms with Gasteiger partial charge in [0.05, 0.1) is 12.8 Å². The van der Waals surface area contributed by atoms with Crippen molar-refractivity contribution in [3.05, 3.63) is 64.2 Å². The Morgan fingerprint density at radius 3 is 2.56 bits per heavy atom. The number of rotatable bonds is 6. The number of carbonyl (C=O) groups is 2. The lowest BCUT2D eigenvalue weighted by Gasteiger charge is -2.15. The third-order valence-corrected chi connectivity index (χ3v) is 4.29. The van der Waals surface area contributed by atoms with Gasteiger partial charge in [0.2, 0.25) is 0 Å². The Bertz CT molecular complexity index is 876. The summed E-state index contributed by atoms with van der Waals surface area (Å²) in [5, 5.41) is 3.33. The molecule has 0 aliphatic carbocycles. The molecule has 2 rings (SSSR count). The zero-order valence-electron chi connectivity index (χ0n) is 15.7. The fourth-order valence-corrected chi connectivity index (χ4v) is 2.49. The average molecular weight is 388 g/mol. The Kier molecular flexibility index (Phi) is 7.02. The molecule has 0 bridgehead atoms. The van der Waals surface area contributed by atoms with Gasteiger partial charge < -0.3 is 14.8 Å². The van der Waals surface area contributed by atoms with Crippen molar-refractivity contribution < 1.29 is 19.1 Å². The van der Waals surface area contributed by atoms with Crippen LogP contribution in [0.2, 0.25) is 5.02 Å². The molecule has 0 fully saturated rings. The van der Waals surface area contributed by atoms with Crippen LogP contribution in [0.1, 0.15) is 23.6 Å². The Morgan fingerprint density at radius 1 is 1.15 bits per heavy atom. The van der Waals surface area contributed by atoms with E-state index in [1.54, 1.807) is 24.3 Å². The normalized spacial score (nSPS) is 11.9. The molecule has 0 aliphatic rings. The molecular formula is C21H22ClNO4. The van der Waals surface area contributed by atoms with E-state index in [2.05, 4.69) is 5.32 Å². The van der Waals surface area contributed by atoms with Gasteiger partial charge in [-0.3, -0.25) is 4.79 Å². The number of ether oxygens (including phenoxy) is 2. The Labute approximate surface area is 163 Å². The fourth-order valence-electron chi connectivity index (χ4n) is 2.30. The molecule has 0 aliphatic heterocycles. The summed E-state index contributed by atoms with van der Waals surface area (Å²) in [6.07, 6.45) is 1.88. The smallest absolute Gasteiger partial charge is 0.331 e. The first-order valence-corrected chi connectivity index (χ1v) is 8.78. The largest absolute Gasteiger partial charge is 0.495 e. The zero-order valence-corrected chi connectivity index (χ0v) is 16.5. The summed E-state index contributed by atoms with van der Waals surface area (Å²) in [6.45, 7) is 5.31. The van der Waals surface area contributed by atoms with Crippen LogP contribution in [0, 0.1) is 13.8 Å². The number of methoxy groups -OCH3 is 1. The van der Waals surface area contributed by atoms with Crippen molar-refractivity contribution in [1.82, 2.24) is 0 Å². The van der Waals surface area contributed by atoms with E-state index < -0.39 is 18.0 Å². The predicted molar refractivity (Wildman–Crippen MR) is 107 cm³/mol. The molecule has 0 aromatic heterocycles. The van der Waals surface area contributed by atoms with Gasteiger partial charge in [-0.1, -0.05) is 29.8 Å². The van der Waals surface area contributed by atoms with Gasteiger partial charge >= 0.3 is 5.97 Å². The maximum atomic E-state index is 12.3. The first kappa shape index (κ1) is 20.5. The van der Waals surface area contributed by atoms with E-state index in [1.165, 1.54) is 20.1 Å². The van der Waals surface area contributed by atoms with Gasteiger partial charge in [0.15, 0.2) is 6.10 Å². The number of esters is 1. The first-order chi connectivity index (χ1) is 12.8. The SMILES string of the molecule is COc1ccc(C)cc1NC(=O)[C@@H](C)OC(=O)/C=C/c1ccc(C)c(Cl)c1. The second kappa shape index (κ2) is 9.24. The predicted octanol–water partition coefficient (Wildman–Crippen LogP) is 4.55. The van der Waals surface area contributed by atoms with Crippen LogP contribution in [0.4, 0.5) is 5.69 Å². The molecule has 0 radical (unpaired) electrons. The number of carbonyl (C=O) groups excluding carboxylic acids is 2. The number of halogens is 1. The van der Waals surface area contributed by atoms with Crippen molar-refractivity contribution >= 4 is 35.2 Å². The van der Waals surface area contributed by atoms with E-state index in [0.717, 1.165) is 16.7 Å². The maximum Gasteiger partial charge on any atom is 0.331 e. The molecule has 1 N–H and O–H groups in total. The number of benzene rings is 2. The van der Waals surface area contributed by atoms with E-state index in [0.29, 0.717) is 16.5 Å². The molecule has 5 nitrogen and oxygen atoms in total. The minimum atomic E-state index is -0.964. The van der Waals surface area contributed by atoms with Gasteiger partial charge in [-0.15, -0.1) is 0 Å². The van der Waals surface area contributed by atoms with E-state index in [4.69, 9.17) is 21.1 Å². The summed E-state index contributed by atoms with van der Waals surface area (Å²) >= 11 is 6.05. The number of anilines is 1. The minimum Gasteiger partial charge on any atom is -0.495 e. The summed E-state index contributed by atoms with van der Waals surface area (Å²) in [4.78, 5) is 24.3. The van der Waals surface area contributed by atoms with Gasteiger partial charge in [-0.05, 0) is 61.7 Å². The van der Waals surface area contributed by atoms with Crippen LogP contribution >= 0.6 is 11.6 Å². The lowest BCUT2D eigenvalue weighted by Crippen LogP contribution is -2.29. The highest BCUT2D eigenvalue weighted by molar-refractivity contribution is 6.31. The molecule has 142 valence electrons. The van der Waals surface area contributed by atoms with Gasteiger partial charge in [0, 0.05) is 11.1 Å². The molecule has 0 saturated carbocycles. The van der Waals surface area contributed by atoms with Gasteiger partial charge in [-0.25, -0.2) is 4.79 Å². The number of hydrogen-bond donors (Lipinski definition) is 1. The summed E-state index contributed by atoms with van der Waals surface area (Å²) in [6, 6.07) is 10.9. The molecule has 1 atom stereocenters. The molecule has 0 unspecified atom stereocenters. The van der Waals surface area contributed by atoms with Crippen LogP contribution in [0.5, 0.6) is 5.75 Å². The highest BCUT2D eigenvalue weighted by atomic mass is 35.5. The molecule has 2 aromatic carbocycles. The van der Waals surface area contributed by atoms with Gasteiger partial charge in [0.1, 0.15) is 5.75 Å². The summed E-state index contributed by atoms with van der Waals surface area (Å²) in [7, 11) is 1.52.